The van der Waals surface area contributed by atoms with Gasteiger partial charge < -0.3 is 14.5 Å². The number of rotatable bonds is 5. The van der Waals surface area contributed by atoms with Gasteiger partial charge in [0.15, 0.2) is 0 Å². The number of hydrogen-bond acceptors (Lipinski definition) is 4. The molecule has 0 unspecified atom stereocenters. The van der Waals surface area contributed by atoms with Crippen molar-refractivity contribution in [3.05, 3.63) is 23.2 Å². The molecule has 0 aromatic carbocycles. The van der Waals surface area contributed by atoms with Crippen LogP contribution in [0, 0.1) is 12.8 Å². The molecular formula is C15H23NO3. The van der Waals surface area contributed by atoms with E-state index in [2.05, 4.69) is 5.32 Å². The highest BCUT2D eigenvalue weighted by molar-refractivity contribution is 5.90. The number of hydrogen-bond donors (Lipinski definition) is 1. The van der Waals surface area contributed by atoms with Gasteiger partial charge in [0.2, 0.25) is 0 Å². The van der Waals surface area contributed by atoms with Gasteiger partial charge in [-0.2, -0.15) is 0 Å². The van der Waals surface area contributed by atoms with Gasteiger partial charge in [-0.15, -0.1) is 0 Å². The molecule has 0 saturated heterocycles. The first-order valence-electron chi connectivity index (χ1n) is 7.09. The summed E-state index contributed by atoms with van der Waals surface area (Å²) >= 11 is 0. The van der Waals surface area contributed by atoms with Gasteiger partial charge in [0.1, 0.15) is 17.1 Å². The van der Waals surface area contributed by atoms with E-state index in [1.54, 1.807) is 13.0 Å². The molecule has 1 heterocycles. The molecule has 1 saturated carbocycles. The van der Waals surface area contributed by atoms with Crippen LogP contribution in [0.1, 0.15) is 54.0 Å². The summed E-state index contributed by atoms with van der Waals surface area (Å²) < 4.78 is 10.3. The van der Waals surface area contributed by atoms with E-state index in [9.17, 15) is 4.79 Å². The molecule has 0 atom stereocenters. The molecule has 1 aliphatic rings. The van der Waals surface area contributed by atoms with Crippen molar-refractivity contribution in [2.75, 3.05) is 13.7 Å². The first kappa shape index (κ1) is 14.1. The van der Waals surface area contributed by atoms with E-state index in [0.29, 0.717) is 17.9 Å². The molecular weight excluding hydrogens is 242 g/mol. The van der Waals surface area contributed by atoms with Crippen molar-refractivity contribution in [2.24, 2.45) is 5.92 Å². The maximum absolute atomic E-state index is 11.5. The number of methoxy groups -OCH3 is 1. The average Bonchev–Trinajstić information content (AvgIpc) is 2.80. The predicted octanol–water partition coefficient (Wildman–Crippen LogP) is 3.04. The fraction of sp³-hybridized carbons (Fsp3) is 0.667. The van der Waals surface area contributed by atoms with Crippen molar-refractivity contribution in [2.45, 2.75) is 45.6 Å². The molecule has 1 aliphatic carbocycles. The van der Waals surface area contributed by atoms with E-state index >= 15 is 0 Å². The third-order valence-electron chi connectivity index (χ3n) is 3.83. The van der Waals surface area contributed by atoms with Crippen LogP contribution in [0.3, 0.4) is 0 Å². The Balaban J connectivity index is 1.81. The molecule has 106 valence electrons. The van der Waals surface area contributed by atoms with Crippen LogP contribution in [-0.2, 0) is 11.3 Å². The van der Waals surface area contributed by atoms with Gasteiger partial charge in [0.25, 0.3) is 0 Å². The summed E-state index contributed by atoms with van der Waals surface area (Å²) in [5.74, 6) is 1.89. The third-order valence-corrected chi connectivity index (χ3v) is 3.83. The number of carbonyl (C=O) groups is 1. The number of ether oxygens (including phenoxy) is 1. The van der Waals surface area contributed by atoms with Gasteiger partial charge in [-0.25, -0.2) is 4.79 Å². The molecule has 0 aliphatic heterocycles. The lowest BCUT2D eigenvalue weighted by atomic mass is 9.89. The van der Waals surface area contributed by atoms with Crippen molar-refractivity contribution in [1.29, 1.82) is 0 Å². The average molecular weight is 265 g/mol. The minimum absolute atomic E-state index is 0.334. The van der Waals surface area contributed by atoms with E-state index in [1.165, 1.54) is 39.2 Å². The highest BCUT2D eigenvalue weighted by Gasteiger charge is 2.16. The van der Waals surface area contributed by atoms with E-state index in [-0.39, 0.29) is 5.97 Å². The topological polar surface area (TPSA) is 51.5 Å². The van der Waals surface area contributed by atoms with E-state index in [1.807, 2.05) is 0 Å². The zero-order valence-electron chi connectivity index (χ0n) is 11.8. The van der Waals surface area contributed by atoms with Crippen LogP contribution in [0.15, 0.2) is 10.5 Å². The second-order valence-electron chi connectivity index (χ2n) is 5.31. The molecule has 0 radical (unpaired) electrons. The smallest absolute Gasteiger partial charge is 0.341 e. The third kappa shape index (κ3) is 3.83. The normalized spacial score (nSPS) is 16.5. The number of aryl methyl sites for hydroxylation is 1. The Morgan fingerprint density at radius 2 is 2.16 bits per heavy atom. The Labute approximate surface area is 114 Å². The summed E-state index contributed by atoms with van der Waals surface area (Å²) in [5.41, 5.74) is 0.525. The molecule has 1 aromatic heterocycles. The maximum Gasteiger partial charge on any atom is 0.341 e. The molecule has 4 heteroatoms. The molecule has 19 heavy (non-hydrogen) atoms. The maximum atomic E-state index is 11.5. The second-order valence-corrected chi connectivity index (χ2v) is 5.31. The summed E-state index contributed by atoms with van der Waals surface area (Å²) in [4.78, 5) is 11.5. The van der Waals surface area contributed by atoms with Gasteiger partial charge in [-0.05, 0) is 38.3 Å². The van der Waals surface area contributed by atoms with Crippen molar-refractivity contribution >= 4 is 5.97 Å². The molecule has 4 nitrogen and oxygen atoms in total. The van der Waals surface area contributed by atoms with Crippen LogP contribution >= 0.6 is 0 Å². The Morgan fingerprint density at radius 1 is 1.42 bits per heavy atom. The SMILES string of the molecule is COC(=O)c1cc(CNCC2CCCCC2)oc1C. The Hall–Kier alpha value is -1.29. The largest absolute Gasteiger partial charge is 0.465 e. The van der Waals surface area contributed by atoms with Gasteiger partial charge in [-0.3, -0.25) is 0 Å². The quantitative estimate of drug-likeness (QED) is 0.831. The van der Waals surface area contributed by atoms with Crippen LogP contribution in [-0.4, -0.2) is 19.6 Å². The zero-order valence-corrected chi connectivity index (χ0v) is 11.8. The minimum Gasteiger partial charge on any atom is -0.465 e. The Morgan fingerprint density at radius 3 is 2.84 bits per heavy atom. The summed E-state index contributed by atoms with van der Waals surface area (Å²) in [6.45, 7) is 3.50. The summed E-state index contributed by atoms with van der Waals surface area (Å²) in [6, 6.07) is 1.77. The predicted molar refractivity (Wildman–Crippen MR) is 73.1 cm³/mol. The lowest BCUT2D eigenvalue weighted by Gasteiger charge is -2.21. The van der Waals surface area contributed by atoms with Gasteiger partial charge >= 0.3 is 5.97 Å². The molecule has 0 spiro atoms. The van der Waals surface area contributed by atoms with E-state index < -0.39 is 0 Å². The number of carbonyl (C=O) groups excluding carboxylic acids is 1. The first-order valence-corrected chi connectivity index (χ1v) is 7.09. The summed E-state index contributed by atoms with van der Waals surface area (Å²) in [5, 5.41) is 3.42. The molecule has 1 aromatic rings. The number of furan rings is 1. The number of nitrogens with one attached hydrogen (secondary N) is 1. The highest BCUT2D eigenvalue weighted by Crippen LogP contribution is 2.23. The van der Waals surface area contributed by atoms with Crippen molar-refractivity contribution in [3.63, 3.8) is 0 Å². The van der Waals surface area contributed by atoms with Gasteiger partial charge in [0, 0.05) is 0 Å². The summed E-state index contributed by atoms with van der Waals surface area (Å²) in [7, 11) is 1.38. The Bertz CT molecular complexity index is 419. The van der Waals surface area contributed by atoms with Crippen molar-refractivity contribution < 1.29 is 13.9 Å². The van der Waals surface area contributed by atoms with Crippen molar-refractivity contribution in [1.82, 2.24) is 5.32 Å². The molecule has 2 rings (SSSR count). The fourth-order valence-corrected chi connectivity index (χ4v) is 2.73. The monoisotopic (exact) mass is 265 g/mol. The van der Waals surface area contributed by atoms with Gasteiger partial charge in [-0.1, -0.05) is 19.3 Å². The summed E-state index contributed by atoms with van der Waals surface area (Å²) in [6.07, 6.45) is 6.77. The standard InChI is InChI=1S/C15H23NO3/c1-11-14(15(17)18-2)8-13(19-11)10-16-9-12-6-4-3-5-7-12/h8,12,16H,3-7,9-10H2,1-2H3. The molecule has 1 N–H and O–H groups in total. The molecule has 0 bridgehead atoms. The zero-order chi connectivity index (χ0) is 13.7. The lowest BCUT2D eigenvalue weighted by molar-refractivity contribution is 0.0599. The van der Waals surface area contributed by atoms with Crippen molar-refractivity contribution in [3.8, 4) is 0 Å². The van der Waals surface area contributed by atoms with E-state index in [4.69, 9.17) is 9.15 Å². The lowest BCUT2D eigenvalue weighted by Crippen LogP contribution is -2.23. The highest BCUT2D eigenvalue weighted by atomic mass is 16.5. The Kier molecular flexibility index (Phi) is 5.02. The van der Waals surface area contributed by atoms with Crippen LogP contribution in [0.5, 0.6) is 0 Å². The van der Waals surface area contributed by atoms with Crippen LogP contribution in [0.2, 0.25) is 0 Å². The molecule has 1 fully saturated rings. The van der Waals surface area contributed by atoms with E-state index in [0.717, 1.165) is 18.2 Å². The first-order chi connectivity index (χ1) is 9.20. The van der Waals surface area contributed by atoms with Crippen LogP contribution in [0.4, 0.5) is 0 Å². The molecule has 0 amide bonds. The van der Waals surface area contributed by atoms with Crippen LogP contribution < -0.4 is 5.32 Å². The second kappa shape index (κ2) is 6.75. The van der Waals surface area contributed by atoms with Crippen LogP contribution in [0.25, 0.3) is 0 Å². The van der Waals surface area contributed by atoms with Gasteiger partial charge in [0.05, 0.1) is 13.7 Å². The number of esters is 1. The minimum atomic E-state index is -0.334. The fourth-order valence-electron chi connectivity index (χ4n) is 2.73.